The molecule has 0 fully saturated rings. The van der Waals surface area contributed by atoms with Crippen molar-refractivity contribution in [1.82, 2.24) is 10.6 Å². The average molecular weight is 402 g/mol. The predicted octanol–water partition coefficient (Wildman–Crippen LogP) is -2.41. The van der Waals surface area contributed by atoms with Crippen LogP contribution in [-0.2, 0) is 35.8 Å². The third-order valence-corrected chi connectivity index (χ3v) is 2.46. The fraction of sp³-hybridized carbons (Fsp3) is 0.667. The van der Waals surface area contributed by atoms with E-state index in [0.29, 0.717) is 0 Å². The molecule has 0 aromatic carbocycles. The van der Waals surface area contributed by atoms with Crippen LogP contribution in [0.25, 0.3) is 0 Å². The van der Waals surface area contributed by atoms with Gasteiger partial charge in [-0.15, -0.1) is 0 Å². The van der Waals surface area contributed by atoms with E-state index < -0.39 is 52.8 Å². The van der Waals surface area contributed by atoms with E-state index in [-0.39, 0.29) is 17.1 Å². The summed E-state index contributed by atoms with van der Waals surface area (Å²) < 4.78 is 20.1. The zero-order valence-corrected chi connectivity index (χ0v) is 13.1. The van der Waals surface area contributed by atoms with Gasteiger partial charge in [-0.2, -0.15) is 0 Å². The Bertz CT molecular complexity index is 368. The number of hydrogen-bond acceptors (Lipinski definition) is 6. The standard InChI is InChI=1S/2C3H8NO5P.Cu/c2*5-3(6)1-4-2-10(7,8)9;/h2*4H,1-2H2,(H,5,6)(H2,7,8,9);. The quantitative estimate of drug-likeness (QED) is 0.158. The van der Waals surface area contributed by atoms with Gasteiger partial charge in [0.25, 0.3) is 0 Å². The summed E-state index contributed by atoms with van der Waals surface area (Å²) in [4.78, 5) is 52.3. The van der Waals surface area contributed by atoms with Crippen molar-refractivity contribution in [3.8, 4) is 0 Å². The summed E-state index contributed by atoms with van der Waals surface area (Å²) in [5, 5.41) is 20.1. The van der Waals surface area contributed by atoms with Crippen molar-refractivity contribution < 1.29 is 65.6 Å². The molecule has 15 heteroatoms. The summed E-state index contributed by atoms with van der Waals surface area (Å²) in [5.74, 6) is -2.29. The Morgan fingerprint density at radius 2 is 1.00 bits per heavy atom. The van der Waals surface area contributed by atoms with Gasteiger partial charge >= 0.3 is 27.1 Å². The molecule has 0 aliphatic carbocycles. The summed E-state index contributed by atoms with van der Waals surface area (Å²) in [6.07, 6.45) is -1.20. The normalized spacial score (nSPS) is 10.9. The zero-order valence-electron chi connectivity index (χ0n) is 10.3. The van der Waals surface area contributed by atoms with Crippen molar-refractivity contribution in [2.45, 2.75) is 0 Å². The molecule has 21 heavy (non-hydrogen) atoms. The van der Waals surface area contributed by atoms with Gasteiger partial charge in [0, 0.05) is 17.1 Å². The second-order valence-electron chi connectivity index (χ2n) is 3.29. The van der Waals surface area contributed by atoms with Crippen molar-refractivity contribution in [3.05, 3.63) is 0 Å². The van der Waals surface area contributed by atoms with Crippen LogP contribution in [0.1, 0.15) is 0 Å². The Hall–Kier alpha value is -0.321. The van der Waals surface area contributed by atoms with Gasteiger partial charge in [-0.1, -0.05) is 0 Å². The van der Waals surface area contributed by atoms with Crippen LogP contribution in [0.3, 0.4) is 0 Å². The average Bonchev–Trinajstić information content (AvgIpc) is 2.12. The zero-order chi connectivity index (χ0) is 16.4. The molecular weight excluding hydrogens is 386 g/mol. The minimum atomic E-state index is -4.10. The Kier molecular flexibility index (Phi) is 14.9. The molecule has 0 heterocycles. The summed E-state index contributed by atoms with van der Waals surface area (Å²) in [6.45, 7) is -0.879. The molecular formula is C6H16CuN2O10P2. The molecule has 0 atom stereocenters. The van der Waals surface area contributed by atoms with E-state index in [1.807, 2.05) is 0 Å². The molecule has 0 aliphatic rings. The van der Waals surface area contributed by atoms with E-state index in [2.05, 4.69) is 10.6 Å². The Labute approximate surface area is 129 Å². The second kappa shape index (κ2) is 12.2. The number of carboxylic acid groups (broad SMARTS) is 2. The predicted molar refractivity (Wildman–Crippen MR) is 65.1 cm³/mol. The van der Waals surface area contributed by atoms with Gasteiger partial charge in [-0.05, 0) is 0 Å². The molecule has 0 saturated carbocycles. The number of aliphatic carboxylic acids is 2. The summed E-state index contributed by atoms with van der Waals surface area (Å²) in [7, 11) is -8.19. The first-order chi connectivity index (χ1) is 8.83. The second-order valence-corrected chi connectivity index (χ2v) is 6.58. The van der Waals surface area contributed by atoms with Crippen LogP contribution in [0.2, 0.25) is 0 Å². The van der Waals surface area contributed by atoms with Crippen LogP contribution in [0.4, 0.5) is 0 Å². The fourth-order valence-electron chi connectivity index (χ4n) is 0.617. The molecule has 0 saturated heterocycles. The molecule has 0 amide bonds. The van der Waals surface area contributed by atoms with Crippen molar-refractivity contribution in [3.63, 3.8) is 0 Å². The van der Waals surface area contributed by atoms with Crippen molar-refractivity contribution >= 4 is 27.1 Å². The molecule has 1 radical (unpaired) electrons. The molecule has 12 nitrogen and oxygen atoms in total. The van der Waals surface area contributed by atoms with E-state index in [9.17, 15) is 18.7 Å². The number of carboxylic acids is 2. The molecule has 0 bridgehead atoms. The third-order valence-electron chi connectivity index (χ3n) is 1.19. The van der Waals surface area contributed by atoms with Gasteiger partial charge in [0.05, 0.1) is 25.7 Å². The summed E-state index contributed by atoms with van der Waals surface area (Å²) in [5.41, 5.74) is 0. The van der Waals surface area contributed by atoms with Gasteiger partial charge in [-0.25, -0.2) is 0 Å². The van der Waals surface area contributed by atoms with Gasteiger partial charge in [-0.3, -0.25) is 29.4 Å². The van der Waals surface area contributed by atoms with Gasteiger partial charge in [0.15, 0.2) is 0 Å². The van der Waals surface area contributed by atoms with E-state index in [1.165, 1.54) is 0 Å². The minimum absolute atomic E-state index is 0. The summed E-state index contributed by atoms with van der Waals surface area (Å²) >= 11 is 0. The van der Waals surface area contributed by atoms with Crippen LogP contribution < -0.4 is 10.6 Å². The molecule has 0 aliphatic heterocycles. The number of carbonyl (C=O) groups is 2. The minimum Gasteiger partial charge on any atom is -0.480 e. The van der Waals surface area contributed by atoms with E-state index in [0.717, 1.165) is 0 Å². The Balaban J connectivity index is -0.000000295. The van der Waals surface area contributed by atoms with Crippen LogP contribution in [-0.4, -0.2) is 67.4 Å². The van der Waals surface area contributed by atoms with E-state index in [1.54, 1.807) is 0 Å². The first kappa shape index (κ1) is 25.6. The first-order valence-electron chi connectivity index (χ1n) is 4.77. The maximum absolute atomic E-state index is 10.1. The maximum atomic E-state index is 10.1. The van der Waals surface area contributed by atoms with Gasteiger partial charge in [0.2, 0.25) is 0 Å². The van der Waals surface area contributed by atoms with E-state index >= 15 is 0 Å². The Morgan fingerprint density at radius 3 is 1.14 bits per heavy atom. The largest absolute Gasteiger partial charge is 0.480 e. The Morgan fingerprint density at radius 1 is 0.762 bits per heavy atom. The van der Waals surface area contributed by atoms with Crippen molar-refractivity contribution in [2.75, 3.05) is 25.7 Å². The molecule has 0 aromatic heterocycles. The molecule has 0 rings (SSSR count). The van der Waals surface area contributed by atoms with Gasteiger partial charge in [0.1, 0.15) is 0 Å². The molecule has 8 N–H and O–H groups in total. The van der Waals surface area contributed by atoms with Crippen LogP contribution in [0.15, 0.2) is 0 Å². The first-order valence-corrected chi connectivity index (χ1v) is 8.37. The monoisotopic (exact) mass is 401 g/mol. The SMILES string of the molecule is O=C(O)CNCP(=O)(O)O.O=C(O)CNCP(=O)(O)O.[Cu]. The third kappa shape index (κ3) is 32.9. The number of rotatable bonds is 8. The van der Waals surface area contributed by atoms with Crippen LogP contribution >= 0.6 is 15.2 Å². The molecule has 0 aromatic rings. The number of nitrogens with one attached hydrogen (secondary N) is 2. The fourth-order valence-corrected chi connectivity index (χ4v) is 1.42. The summed E-state index contributed by atoms with van der Waals surface area (Å²) in [6, 6.07) is 0. The topological polar surface area (TPSA) is 214 Å². The number of hydrogen-bond donors (Lipinski definition) is 8. The molecule has 0 unspecified atom stereocenters. The maximum Gasteiger partial charge on any atom is 0.339 e. The van der Waals surface area contributed by atoms with Crippen molar-refractivity contribution in [1.29, 1.82) is 0 Å². The smallest absolute Gasteiger partial charge is 0.339 e. The molecule has 0 spiro atoms. The van der Waals surface area contributed by atoms with E-state index in [4.69, 9.17) is 29.8 Å². The van der Waals surface area contributed by atoms with Crippen LogP contribution in [0.5, 0.6) is 0 Å². The van der Waals surface area contributed by atoms with Crippen LogP contribution in [0, 0.1) is 0 Å². The van der Waals surface area contributed by atoms with Crippen molar-refractivity contribution in [2.24, 2.45) is 0 Å². The molecule has 131 valence electrons. The van der Waals surface area contributed by atoms with Gasteiger partial charge < -0.3 is 29.8 Å².